The van der Waals surface area contributed by atoms with Crippen molar-refractivity contribution in [2.75, 3.05) is 0 Å². The van der Waals surface area contributed by atoms with Crippen LogP contribution in [-0.2, 0) is 6.54 Å². The molecule has 0 bridgehead atoms. The summed E-state index contributed by atoms with van der Waals surface area (Å²) in [5.41, 5.74) is 3.40. The van der Waals surface area contributed by atoms with E-state index in [0.717, 1.165) is 23.7 Å². The monoisotopic (exact) mass is 284 g/mol. The van der Waals surface area contributed by atoms with Crippen LogP contribution in [0.25, 0.3) is 11.3 Å². The first-order valence-electron chi connectivity index (χ1n) is 8.03. The molecule has 0 spiro atoms. The van der Waals surface area contributed by atoms with Crippen molar-refractivity contribution in [3.05, 3.63) is 36.3 Å². The van der Waals surface area contributed by atoms with E-state index in [2.05, 4.69) is 33.5 Å². The van der Waals surface area contributed by atoms with Gasteiger partial charge in [-0.15, -0.1) is 0 Å². The van der Waals surface area contributed by atoms with Gasteiger partial charge in [0.05, 0.1) is 11.9 Å². The van der Waals surface area contributed by atoms with Crippen molar-refractivity contribution >= 4 is 0 Å². The third-order valence-corrected chi connectivity index (χ3v) is 4.61. The Morgan fingerprint density at radius 2 is 2.29 bits per heavy atom. The zero-order valence-electron chi connectivity index (χ0n) is 12.7. The first-order chi connectivity index (χ1) is 10.4. The van der Waals surface area contributed by atoms with Gasteiger partial charge in [0.25, 0.3) is 0 Å². The highest BCUT2D eigenvalue weighted by atomic mass is 15.1. The van der Waals surface area contributed by atoms with Crippen LogP contribution in [-0.4, -0.2) is 21.2 Å². The minimum atomic E-state index is 0.653. The zero-order valence-corrected chi connectivity index (χ0v) is 12.7. The third-order valence-electron chi connectivity index (χ3n) is 4.61. The number of hydrogen-bond acceptors (Lipinski definition) is 3. The predicted octanol–water partition coefficient (Wildman–Crippen LogP) is 3.53. The van der Waals surface area contributed by atoms with Gasteiger partial charge in [-0.05, 0) is 30.9 Å². The van der Waals surface area contributed by atoms with E-state index in [-0.39, 0.29) is 0 Å². The molecular weight excluding hydrogens is 260 g/mol. The number of aromatic nitrogens is 3. The molecule has 112 valence electrons. The maximum atomic E-state index is 4.20. The molecule has 0 aliphatic heterocycles. The van der Waals surface area contributed by atoms with Crippen molar-refractivity contribution in [2.45, 2.75) is 51.6 Å². The lowest BCUT2D eigenvalue weighted by atomic mass is 9.84. The summed E-state index contributed by atoms with van der Waals surface area (Å²) in [4.78, 5) is 4.18. The minimum Gasteiger partial charge on any atom is -0.310 e. The fourth-order valence-electron chi connectivity index (χ4n) is 3.31. The van der Waals surface area contributed by atoms with Crippen LogP contribution >= 0.6 is 0 Å². The van der Waals surface area contributed by atoms with Gasteiger partial charge < -0.3 is 5.32 Å². The second-order valence-corrected chi connectivity index (χ2v) is 6.03. The molecular formula is C17H24N4. The number of pyridine rings is 1. The van der Waals surface area contributed by atoms with Crippen LogP contribution in [0.2, 0.25) is 0 Å². The number of hydrogen-bond donors (Lipinski definition) is 2. The Labute approximate surface area is 126 Å². The zero-order chi connectivity index (χ0) is 14.5. The molecule has 2 aromatic rings. The van der Waals surface area contributed by atoms with Gasteiger partial charge in [-0.2, -0.15) is 5.10 Å². The molecule has 1 aliphatic carbocycles. The SMILES string of the molecule is CCC1CCCC(NCc2cn[nH]c2-c2cccnc2)C1. The van der Waals surface area contributed by atoms with E-state index in [1.807, 2.05) is 18.5 Å². The Bertz CT molecular complexity index is 549. The fourth-order valence-corrected chi connectivity index (χ4v) is 3.31. The largest absolute Gasteiger partial charge is 0.310 e. The first-order valence-corrected chi connectivity index (χ1v) is 8.03. The van der Waals surface area contributed by atoms with E-state index in [4.69, 9.17) is 0 Å². The molecule has 0 radical (unpaired) electrons. The van der Waals surface area contributed by atoms with Crippen molar-refractivity contribution in [3.8, 4) is 11.3 Å². The van der Waals surface area contributed by atoms with E-state index in [9.17, 15) is 0 Å². The lowest BCUT2D eigenvalue weighted by Crippen LogP contribution is -2.33. The molecule has 3 rings (SSSR count). The van der Waals surface area contributed by atoms with Gasteiger partial charge in [0.2, 0.25) is 0 Å². The summed E-state index contributed by atoms with van der Waals surface area (Å²) in [5, 5.41) is 11.0. The molecule has 2 heterocycles. The Kier molecular flexibility index (Phi) is 4.65. The Morgan fingerprint density at radius 1 is 1.33 bits per heavy atom. The number of nitrogens with one attached hydrogen (secondary N) is 2. The van der Waals surface area contributed by atoms with E-state index in [1.54, 1.807) is 6.20 Å². The maximum absolute atomic E-state index is 4.20. The first kappa shape index (κ1) is 14.3. The van der Waals surface area contributed by atoms with Crippen LogP contribution in [0.1, 0.15) is 44.6 Å². The van der Waals surface area contributed by atoms with Crippen LogP contribution in [0.3, 0.4) is 0 Å². The van der Waals surface area contributed by atoms with Crippen molar-refractivity contribution in [2.24, 2.45) is 5.92 Å². The van der Waals surface area contributed by atoms with Crippen molar-refractivity contribution < 1.29 is 0 Å². The summed E-state index contributed by atoms with van der Waals surface area (Å²) >= 11 is 0. The minimum absolute atomic E-state index is 0.653. The van der Waals surface area contributed by atoms with Gasteiger partial charge >= 0.3 is 0 Å². The Balaban J connectivity index is 1.63. The molecule has 1 aliphatic rings. The van der Waals surface area contributed by atoms with Crippen molar-refractivity contribution in [1.29, 1.82) is 0 Å². The average Bonchev–Trinajstić information content (AvgIpc) is 3.02. The molecule has 0 aromatic carbocycles. The van der Waals surface area contributed by atoms with E-state index in [1.165, 1.54) is 37.7 Å². The predicted molar refractivity (Wildman–Crippen MR) is 84.7 cm³/mol. The standard InChI is InChI=1S/C17H24N4/c1-2-13-5-3-7-16(9-13)19-11-15-12-20-21-17(15)14-6-4-8-18-10-14/h4,6,8,10,12-13,16,19H,2-3,5,7,9,11H2,1H3,(H,20,21). The molecule has 2 N–H and O–H groups in total. The molecule has 1 fully saturated rings. The smallest absolute Gasteiger partial charge is 0.0710 e. The van der Waals surface area contributed by atoms with Gasteiger partial charge in [0.1, 0.15) is 0 Å². The number of nitrogens with zero attached hydrogens (tertiary/aromatic N) is 2. The van der Waals surface area contributed by atoms with E-state index >= 15 is 0 Å². The highest BCUT2D eigenvalue weighted by Gasteiger charge is 2.20. The second kappa shape index (κ2) is 6.85. The van der Waals surface area contributed by atoms with Crippen LogP contribution in [0.5, 0.6) is 0 Å². The summed E-state index contributed by atoms with van der Waals surface area (Å²) in [6.45, 7) is 3.19. The molecule has 2 unspecified atom stereocenters. The van der Waals surface area contributed by atoms with E-state index < -0.39 is 0 Å². The van der Waals surface area contributed by atoms with Gasteiger partial charge in [-0.3, -0.25) is 10.1 Å². The quantitative estimate of drug-likeness (QED) is 0.883. The van der Waals surface area contributed by atoms with Crippen LogP contribution < -0.4 is 5.32 Å². The van der Waals surface area contributed by atoms with Crippen molar-refractivity contribution in [1.82, 2.24) is 20.5 Å². The van der Waals surface area contributed by atoms with Crippen molar-refractivity contribution in [3.63, 3.8) is 0 Å². The highest BCUT2D eigenvalue weighted by molar-refractivity contribution is 5.61. The van der Waals surface area contributed by atoms with Gasteiger partial charge in [-0.1, -0.05) is 26.2 Å². The summed E-state index contributed by atoms with van der Waals surface area (Å²) in [5.74, 6) is 0.901. The Hall–Kier alpha value is -1.68. The molecule has 4 heteroatoms. The summed E-state index contributed by atoms with van der Waals surface area (Å²) in [6.07, 6.45) is 12.3. The molecule has 4 nitrogen and oxygen atoms in total. The molecule has 0 amide bonds. The molecule has 1 saturated carbocycles. The van der Waals surface area contributed by atoms with E-state index in [0.29, 0.717) is 6.04 Å². The summed E-state index contributed by atoms with van der Waals surface area (Å²) in [6, 6.07) is 4.68. The van der Waals surface area contributed by atoms with Gasteiger partial charge in [-0.25, -0.2) is 0 Å². The topological polar surface area (TPSA) is 53.6 Å². The maximum Gasteiger partial charge on any atom is 0.0710 e. The van der Waals surface area contributed by atoms with Gasteiger partial charge in [0.15, 0.2) is 0 Å². The number of rotatable bonds is 5. The molecule has 2 aromatic heterocycles. The number of aromatic amines is 1. The summed E-state index contributed by atoms with van der Waals surface area (Å²) < 4.78 is 0. The van der Waals surface area contributed by atoms with Gasteiger partial charge in [0, 0.05) is 36.1 Å². The highest BCUT2D eigenvalue weighted by Crippen LogP contribution is 2.27. The average molecular weight is 284 g/mol. The third kappa shape index (κ3) is 3.50. The normalized spacial score (nSPS) is 22.3. The van der Waals surface area contributed by atoms with Crippen LogP contribution in [0.4, 0.5) is 0 Å². The van der Waals surface area contributed by atoms with Crippen LogP contribution in [0.15, 0.2) is 30.7 Å². The fraction of sp³-hybridized carbons (Fsp3) is 0.529. The van der Waals surface area contributed by atoms with Crippen LogP contribution in [0, 0.1) is 5.92 Å². The second-order valence-electron chi connectivity index (χ2n) is 6.03. The Morgan fingerprint density at radius 3 is 3.10 bits per heavy atom. The lowest BCUT2D eigenvalue weighted by molar-refractivity contribution is 0.278. The molecule has 0 saturated heterocycles. The molecule has 2 atom stereocenters. The number of H-pyrrole nitrogens is 1. The lowest BCUT2D eigenvalue weighted by Gasteiger charge is -2.29. The summed E-state index contributed by atoms with van der Waals surface area (Å²) in [7, 11) is 0. The molecule has 21 heavy (non-hydrogen) atoms.